The third kappa shape index (κ3) is 4.10. The number of anilines is 2. The normalized spacial score (nSPS) is 11.5. The van der Waals surface area contributed by atoms with Crippen LogP contribution in [-0.4, -0.2) is 39.6 Å². The first-order valence-corrected chi connectivity index (χ1v) is 9.15. The van der Waals surface area contributed by atoms with Crippen LogP contribution in [0.4, 0.5) is 11.9 Å². The molecule has 0 fully saturated rings. The van der Waals surface area contributed by atoms with Gasteiger partial charge in [-0.25, -0.2) is 9.38 Å². The third-order valence-electron chi connectivity index (χ3n) is 4.03. The topological polar surface area (TPSA) is 93.4 Å². The summed E-state index contributed by atoms with van der Waals surface area (Å²) in [6.45, 7) is 9.81. The van der Waals surface area contributed by atoms with Gasteiger partial charge in [-0.1, -0.05) is 27.7 Å². The lowest BCUT2D eigenvalue weighted by molar-refractivity contribution is 0.415. The molecule has 27 heavy (non-hydrogen) atoms. The van der Waals surface area contributed by atoms with Crippen LogP contribution in [0, 0.1) is 11.8 Å². The Kier molecular flexibility index (Phi) is 5.43. The monoisotopic (exact) mass is 370 g/mol. The molecule has 8 nitrogen and oxygen atoms in total. The molecule has 0 amide bonds. The van der Waals surface area contributed by atoms with E-state index in [1.807, 2.05) is 0 Å². The van der Waals surface area contributed by atoms with E-state index < -0.39 is 0 Å². The van der Waals surface area contributed by atoms with Gasteiger partial charge >= 0.3 is 0 Å². The highest BCUT2D eigenvalue weighted by molar-refractivity contribution is 5.81. The Balaban J connectivity index is 2.20. The SMILES string of the molecule is COc1ccc2c(=O)n3c(NCC(C)C)nc(NCC(C)C)nc3nc2c1. The largest absolute Gasteiger partial charge is 0.497 e. The minimum atomic E-state index is -0.209. The summed E-state index contributed by atoms with van der Waals surface area (Å²) in [5.41, 5.74) is 0.335. The average molecular weight is 370 g/mol. The quantitative estimate of drug-likeness (QED) is 0.618. The molecule has 0 atom stereocenters. The highest BCUT2D eigenvalue weighted by Gasteiger charge is 2.14. The van der Waals surface area contributed by atoms with E-state index in [1.165, 1.54) is 4.40 Å². The first kappa shape index (κ1) is 18.9. The van der Waals surface area contributed by atoms with E-state index in [4.69, 9.17) is 4.74 Å². The predicted octanol–water partition coefficient (Wildman–Crippen LogP) is 2.78. The average Bonchev–Trinajstić information content (AvgIpc) is 2.63. The second kappa shape index (κ2) is 7.77. The smallest absolute Gasteiger partial charge is 0.269 e. The van der Waals surface area contributed by atoms with Crippen LogP contribution in [0.5, 0.6) is 5.75 Å². The van der Waals surface area contributed by atoms with Crippen LogP contribution in [-0.2, 0) is 0 Å². The summed E-state index contributed by atoms with van der Waals surface area (Å²) in [5, 5.41) is 6.96. The molecule has 0 saturated heterocycles. The standard InChI is InChI=1S/C19H26N6O2/c1-11(2)9-20-17-23-18(21-10-12(3)4)25-16(26)14-7-6-13(27-5)8-15(14)22-19(25)24-17/h6-8,11-12H,9-10H2,1-5H3,(H2,20,21,22,23,24). The number of fused-ring (bicyclic) bond motifs is 2. The van der Waals surface area contributed by atoms with Crippen molar-refractivity contribution < 1.29 is 4.74 Å². The van der Waals surface area contributed by atoms with Gasteiger partial charge in [0.05, 0.1) is 18.0 Å². The zero-order chi connectivity index (χ0) is 19.6. The van der Waals surface area contributed by atoms with E-state index in [9.17, 15) is 4.79 Å². The Morgan fingerprint density at radius 2 is 1.74 bits per heavy atom. The molecule has 0 aliphatic carbocycles. The highest BCUT2D eigenvalue weighted by atomic mass is 16.5. The maximum Gasteiger partial charge on any atom is 0.269 e. The predicted molar refractivity (Wildman–Crippen MR) is 108 cm³/mol. The van der Waals surface area contributed by atoms with Crippen LogP contribution >= 0.6 is 0 Å². The van der Waals surface area contributed by atoms with Crippen molar-refractivity contribution in [2.45, 2.75) is 27.7 Å². The molecule has 2 N–H and O–H groups in total. The van der Waals surface area contributed by atoms with Gasteiger partial charge in [-0.05, 0) is 24.0 Å². The van der Waals surface area contributed by atoms with Gasteiger partial charge in [0.2, 0.25) is 17.7 Å². The second-order valence-electron chi connectivity index (χ2n) is 7.36. The highest BCUT2D eigenvalue weighted by Crippen LogP contribution is 2.19. The van der Waals surface area contributed by atoms with E-state index >= 15 is 0 Å². The molecule has 0 spiro atoms. The van der Waals surface area contributed by atoms with Crippen LogP contribution in [0.15, 0.2) is 23.0 Å². The van der Waals surface area contributed by atoms with Crippen LogP contribution in [0.1, 0.15) is 27.7 Å². The summed E-state index contributed by atoms with van der Waals surface area (Å²) in [7, 11) is 1.58. The van der Waals surface area contributed by atoms with Crippen molar-refractivity contribution in [3.05, 3.63) is 28.6 Å². The third-order valence-corrected chi connectivity index (χ3v) is 4.03. The lowest BCUT2D eigenvalue weighted by Gasteiger charge is -2.14. The summed E-state index contributed by atoms with van der Waals surface area (Å²) in [5.74, 6) is 2.67. The molecular weight excluding hydrogens is 344 g/mol. The number of hydrogen-bond acceptors (Lipinski definition) is 7. The second-order valence-corrected chi connectivity index (χ2v) is 7.36. The molecule has 0 aliphatic rings. The van der Waals surface area contributed by atoms with Crippen molar-refractivity contribution in [1.29, 1.82) is 0 Å². The fourth-order valence-corrected chi connectivity index (χ4v) is 2.61. The number of benzene rings is 1. The molecule has 8 heteroatoms. The fourth-order valence-electron chi connectivity index (χ4n) is 2.61. The summed E-state index contributed by atoms with van der Waals surface area (Å²) >= 11 is 0. The van der Waals surface area contributed by atoms with Gasteiger partial charge < -0.3 is 15.4 Å². The molecule has 2 heterocycles. The van der Waals surface area contributed by atoms with Gasteiger partial charge in [0.25, 0.3) is 5.56 Å². The Morgan fingerprint density at radius 3 is 2.41 bits per heavy atom. The number of nitrogens with zero attached hydrogens (tertiary/aromatic N) is 4. The Morgan fingerprint density at radius 1 is 1.04 bits per heavy atom. The van der Waals surface area contributed by atoms with Gasteiger partial charge in [-0.2, -0.15) is 9.97 Å². The lowest BCUT2D eigenvalue weighted by atomic mass is 10.2. The van der Waals surface area contributed by atoms with Crippen LogP contribution in [0.25, 0.3) is 16.7 Å². The van der Waals surface area contributed by atoms with E-state index in [0.29, 0.717) is 52.7 Å². The maximum absolute atomic E-state index is 13.1. The first-order valence-electron chi connectivity index (χ1n) is 9.15. The molecule has 3 rings (SSSR count). The van der Waals surface area contributed by atoms with E-state index in [1.54, 1.807) is 25.3 Å². The summed E-state index contributed by atoms with van der Waals surface area (Å²) < 4.78 is 6.67. The number of hydrogen-bond donors (Lipinski definition) is 2. The fraction of sp³-hybridized carbons (Fsp3) is 0.474. The number of aromatic nitrogens is 4. The van der Waals surface area contributed by atoms with E-state index in [0.717, 1.165) is 6.54 Å². The van der Waals surface area contributed by atoms with Gasteiger partial charge in [0.1, 0.15) is 5.75 Å². The van der Waals surface area contributed by atoms with Crippen molar-refractivity contribution in [2.24, 2.45) is 11.8 Å². The minimum Gasteiger partial charge on any atom is -0.497 e. The lowest BCUT2D eigenvalue weighted by Crippen LogP contribution is -2.24. The molecule has 0 unspecified atom stereocenters. The van der Waals surface area contributed by atoms with Crippen molar-refractivity contribution in [1.82, 2.24) is 19.4 Å². The van der Waals surface area contributed by atoms with E-state index in [-0.39, 0.29) is 5.56 Å². The molecule has 3 aromatic rings. The molecule has 144 valence electrons. The molecule has 0 bridgehead atoms. The number of nitrogens with one attached hydrogen (secondary N) is 2. The van der Waals surface area contributed by atoms with Crippen molar-refractivity contribution in [3.63, 3.8) is 0 Å². The first-order chi connectivity index (χ1) is 12.9. The summed E-state index contributed by atoms with van der Waals surface area (Å²) in [4.78, 5) is 26.6. The zero-order valence-corrected chi connectivity index (χ0v) is 16.4. The van der Waals surface area contributed by atoms with Gasteiger partial charge in [0, 0.05) is 19.2 Å². The summed E-state index contributed by atoms with van der Waals surface area (Å²) in [6, 6.07) is 5.20. The van der Waals surface area contributed by atoms with E-state index in [2.05, 4.69) is 53.3 Å². The van der Waals surface area contributed by atoms with Crippen molar-refractivity contribution in [2.75, 3.05) is 30.8 Å². The molecule has 1 aromatic carbocycles. The van der Waals surface area contributed by atoms with Crippen LogP contribution < -0.4 is 20.9 Å². The van der Waals surface area contributed by atoms with Crippen molar-refractivity contribution in [3.8, 4) is 5.75 Å². The van der Waals surface area contributed by atoms with Crippen LogP contribution in [0.2, 0.25) is 0 Å². The molecule has 2 aromatic heterocycles. The van der Waals surface area contributed by atoms with Gasteiger partial charge in [-0.3, -0.25) is 4.79 Å². The molecule has 0 radical (unpaired) electrons. The number of ether oxygens (including phenoxy) is 1. The molecule has 0 saturated carbocycles. The Bertz CT molecular complexity index is 1010. The number of methoxy groups -OCH3 is 1. The Labute approximate surface area is 158 Å². The number of rotatable bonds is 7. The van der Waals surface area contributed by atoms with Gasteiger partial charge in [0.15, 0.2) is 0 Å². The zero-order valence-electron chi connectivity index (χ0n) is 16.4. The van der Waals surface area contributed by atoms with Gasteiger partial charge in [-0.15, -0.1) is 0 Å². The minimum absolute atomic E-state index is 0.209. The molecular formula is C19H26N6O2. The summed E-state index contributed by atoms with van der Waals surface area (Å²) in [6.07, 6.45) is 0. The van der Waals surface area contributed by atoms with Crippen molar-refractivity contribution >= 4 is 28.6 Å². The van der Waals surface area contributed by atoms with Crippen LogP contribution in [0.3, 0.4) is 0 Å². The molecule has 0 aliphatic heterocycles. The maximum atomic E-state index is 13.1. The Hall–Kier alpha value is -2.90.